The first-order chi connectivity index (χ1) is 8.50. The Morgan fingerprint density at radius 3 is 2.94 bits per heavy atom. The van der Waals surface area contributed by atoms with E-state index in [-0.39, 0.29) is 0 Å². The molecule has 18 heavy (non-hydrogen) atoms. The minimum absolute atomic E-state index is 0.296. The Hall–Kier alpha value is -1.14. The maximum Gasteiger partial charge on any atom is 0.136 e. The van der Waals surface area contributed by atoms with Crippen LogP contribution in [-0.2, 0) is 11.8 Å². The Balaban J connectivity index is 2.23. The highest BCUT2D eigenvalue weighted by Gasteiger charge is 2.23. The Kier molecular flexibility index (Phi) is 3.87. The van der Waals surface area contributed by atoms with Crippen molar-refractivity contribution in [3.05, 3.63) is 11.3 Å². The maximum absolute atomic E-state index is 5.79. The molecule has 0 amide bonds. The van der Waals surface area contributed by atoms with E-state index in [9.17, 15) is 0 Å². The van der Waals surface area contributed by atoms with Gasteiger partial charge in [0.25, 0.3) is 0 Å². The first-order valence-corrected chi connectivity index (χ1v) is 6.57. The molecule has 100 valence electrons. The number of anilines is 1. The number of hydrogen-bond acceptors (Lipinski definition) is 4. The molecule has 2 heterocycles. The molecule has 0 radical (unpaired) electrons. The van der Waals surface area contributed by atoms with Crippen molar-refractivity contribution in [2.24, 2.45) is 12.8 Å². The molecule has 2 N–H and O–H groups in total. The van der Waals surface area contributed by atoms with E-state index in [1.54, 1.807) is 0 Å². The number of thiocarbonyl (C=S) groups is 1. The third-order valence-corrected chi connectivity index (χ3v) is 3.51. The van der Waals surface area contributed by atoms with E-state index in [1.807, 2.05) is 25.7 Å². The molecule has 6 heteroatoms. The summed E-state index contributed by atoms with van der Waals surface area (Å²) in [5.74, 6) is 0.968. The van der Waals surface area contributed by atoms with Crippen LogP contribution in [0.1, 0.15) is 24.1 Å². The van der Waals surface area contributed by atoms with E-state index < -0.39 is 0 Å². The van der Waals surface area contributed by atoms with Crippen molar-refractivity contribution >= 4 is 23.0 Å². The van der Waals surface area contributed by atoms with Crippen LogP contribution >= 0.6 is 12.2 Å². The van der Waals surface area contributed by atoms with Crippen LogP contribution < -0.4 is 10.6 Å². The largest absolute Gasteiger partial charge is 0.389 e. The van der Waals surface area contributed by atoms with Crippen molar-refractivity contribution in [1.82, 2.24) is 9.78 Å². The third-order valence-electron chi connectivity index (χ3n) is 3.30. The molecule has 2 rings (SSSR count). The lowest BCUT2D eigenvalue weighted by molar-refractivity contribution is 0.116. The zero-order valence-corrected chi connectivity index (χ0v) is 12.0. The zero-order chi connectivity index (χ0) is 13.3. The molecular weight excluding hydrogens is 248 g/mol. The van der Waals surface area contributed by atoms with Crippen molar-refractivity contribution in [3.63, 3.8) is 0 Å². The van der Waals surface area contributed by atoms with Crippen molar-refractivity contribution < 1.29 is 4.74 Å². The number of ether oxygens (including phenoxy) is 1. The van der Waals surface area contributed by atoms with Crippen LogP contribution in [0.5, 0.6) is 0 Å². The van der Waals surface area contributed by atoms with Crippen LogP contribution in [0.2, 0.25) is 0 Å². The summed E-state index contributed by atoms with van der Waals surface area (Å²) >= 11 is 5.12. The number of nitrogens with zero attached hydrogens (tertiary/aromatic N) is 3. The summed E-state index contributed by atoms with van der Waals surface area (Å²) in [7, 11) is 3.94. The number of nitrogens with two attached hydrogens (primary N) is 1. The summed E-state index contributed by atoms with van der Waals surface area (Å²) in [5, 5.41) is 4.39. The molecule has 5 nitrogen and oxygen atoms in total. The second kappa shape index (κ2) is 5.24. The minimum atomic E-state index is 0.296. The lowest BCUT2D eigenvalue weighted by atomic mass is 10.2. The van der Waals surface area contributed by atoms with Crippen LogP contribution in [0.15, 0.2) is 0 Å². The van der Waals surface area contributed by atoms with Gasteiger partial charge in [0.1, 0.15) is 10.8 Å². The van der Waals surface area contributed by atoms with Gasteiger partial charge in [0.2, 0.25) is 0 Å². The first kappa shape index (κ1) is 13.3. The number of aryl methyl sites for hydroxylation is 2. The molecular formula is C12H20N4OS. The van der Waals surface area contributed by atoms with Crippen LogP contribution in [0.3, 0.4) is 0 Å². The molecule has 0 bridgehead atoms. The molecule has 1 aliphatic rings. The molecule has 1 unspecified atom stereocenters. The Labute approximate surface area is 113 Å². The van der Waals surface area contributed by atoms with Crippen LogP contribution in [0, 0.1) is 6.92 Å². The van der Waals surface area contributed by atoms with Gasteiger partial charge in [0.05, 0.1) is 17.4 Å². The molecule has 1 aliphatic heterocycles. The van der Waals surface area contributed by atoms with Crippen molar-refractivity contribution in [2.45, 2.75) is 25.9 Å². The smallest absolute Gasteiger partial charge is 0.136 e. The normalized spacial score (nSPS) is 19.2. The molecule has 1 fully saturated rings. The number of hydrogen-bond donors (Lipinski definition) is 1. The molecule has 0 spiro atoms. The summed E-state index contributed by atoms with van der Waals surface area (Å²) in [5.41, 5.74) is 7.54. The number of rotatable bonds is 4. The summed E-state index contributed by atoms with van der Waals surface area (Å²) in [4.78, 5) is 2.53. The van der Waals surface area contributed by atoms with Gasteiger partial charge in [0.15, 0.2) is 0 Å². The van der Waals surface area contributed by atoms with E-state index in [1.165, 1.54) is 0 Å². The predicted octanol–water partition coefficient (Wildman–Crippen LogP) is 0.978. The second-order valence-electron chi connectivity index (χ2n) is 4.79. The van der Waals surface area contributed by atoms with Gasteiger partial charge < -0.3 is 15.4 Å². The molecule has 1 aromatic heterocycles. The minimum Gasteiger partial charge on any atom is -0.389 e. The highest BCUT2D eigenvalue weighted by molar-refractivity contribution is 7.80. The summed E-state index contributed by atoms with van der Waals surface area (Å²) in [6.07, 6.45) is 2.55. The highest BCUT2D eigenvalue weighted by atomic mass is 32.1. The second-order valence-corrected chi connectivity index (χ2v) is 5.23. The van der Waals surface area contributed by atoms with E-state index in [2.05, 4.69) is 10.00 Å². The van der Waals surface area contributed by atoms with Crippen molar-refractivity contribution in [3.8, 4) is 0 Å². The Morgan fingerprint density at radius 2 is 2.39 bits per heavy atom. The molecule has 0 aliphatic carbocycles. The fourth-order valence-electron chi connectivity index (χ4n) is 2.55. The summed E-state index contributed by atoms with van der Waals surface area (Å²) < 4.78 is 7.49. The van der Waals surface area contributed by atoms with E-state index in [0.29, 0.717) is 11.1 Å². The van der Waals surface area contributed by atoms with Gasteiger partial charge in [-0.05, 0) is 19.8 Å². The standard InChI is InChI=1S/C12H20N4OS/c1-8-10(11(13)18)12(16(3)14-8)15(2)7-9-5-4-6-17-9/h9H,4-7H2,1-3H3,(H2,13,18). The van der Waals surface area contributed by atoms with Gasteiger partial charge in [-0.2, -0.15) is 5.10 Å². The number of likely N-dealkylation sites (N-methyl/N-ethyl adjacent to an activating group) is 1. The molecule has 1 aromatic rings. The van der Waals surface area contributed by atoms with E-state index in [0.717, 1.165) is 43.1 Å². The fourth-order valence-corrected chi connectivity index (χ4v) is 2.79. The van der Waals surface area contributed by atoms with Gasteiger partial charge in [-0.25, -0.2) is 0 Å². The van der Waals surface area contributed by atoms with Crippen LogP contribution in [0.4, 0.5) is 5.82 Å². The molecule has 0 saturated carbocycles. The quantitative estimate of drug-likeness (QED) is 0.825. The van der Waals surface area contributed by atoms with Crippen molar-refractivity contribution in [2.75, 3.05) is 25.1 Å². The summed E-state index contributed by atoms with van der Waals surface area (Å²) in [6.45, 7) is 3.64. The van der Waals surface area contributed by atoms with Crippen LogP contribution in [-0.4, -0.2) is 41.1 Å². The maximum atomic E-state index is 5.79. The lowest BCUT2D eigenvalue weighted by Crippen LogP contribution is -2.31. The molecule has 0 aromatic carbocycles. The SMILES string of the molecule is Cc1nn(C)c(N(C)CC2CCCO2)c1C(N)=S. The average Bonchev–Trinajstić information content (AvgIpc) is 2.85. The van der Waals surface area contributed by atoms with Crippen molar-refractivity contribution in [1.29, 1.82) is 0 Å². The van der Waals surface area contributed by atoms with Gasteiger partial charge in [-0.3, -0.25) is 4.68 Å². The Bertz CT molecular complexity index is 451. The van der Waals surface area contributed by atoms with Gasteiger partial charge >= 0.3 is 0 Å². The lowest BCUT2D eigenvalue weighted by Gasteiger charge is -2.23. The monoisotopic (exact) mass is 268 g/mol. The van der Waals surface area contributed by atoms with Gasteiger partial charge in [-0.15, -0.1) is 0 Å². The first-order valence-electron chi connectivity index (χ1n) is 6.17. The third kappa shape index (κ3) is 2.49. The fraction of sp³-hybridized carbons (Fsp3) is 0.667. The van der Waals surface area contributed by atoms with Gasteiger partial charge in [-0.1, -0.05) is 12.2 Å². The number of aromatic nitrogens is 2. The van der Waals surface area contributed by atoms with E-state index in [4.69, 9.17) is 22.7 Å². The summed E-state index contributed by atoms with van der Waals surface area (Å²) in [6, 6.07) is 0. The Morgan fingerprint density at radius 1 is 1.67 bits per heavy atom. The zero-order valence-electron chi connectivity index (χ0n) is 11.1. The van der Waals surface area contributed by atoms with Crippen LogP contribution in [0.25, 0.3) is 0 Å². The highest BCUT2D eigenvalue weighted by Crippen LogP contribution is 2.24. The van der Waals surface area contributed by atoms with Gasteiger partial charge in [0, 0.05) is 27.2 Å². The molecule has 1 atom stereocenters. The van der Waals surface area contributed by atoms with E-state index >= 15 is 0 Å². The topological polar surface area (TPSA) is 56.3 Å². The molecule has 1 saturated heterocycles. The predicted molar refractivity (Wildman–Crippen MR) is 76.1 cm³/mol. The average molecular weight is 268 g/mol.